The van der Waals surface area contributed by atoms with Crippen LogP contribution in [0.25, 0.3) is 0 Å². The van der Waals surface area contributed by atoms with Crippen molar-refractivity contribution in [2.75, 3.05) is 0 Å². The third-order valence-corrected chi connectivity index (χ3v) is 2.19. The molecule has 1 unspecified atom stereocenters. The van der Waals surface area contributed by atoms with Crippen LogP contribution in [-0.2, 0) is 0 Å². The molecule has 86 valence electrons. The Kier molecular flexibility index (Phi) is 3.30. The minimum Gasteiger partial charge on any atom is -0.232 e. The molecule has 0 aliphatic heterocycles. The molecule has 0 N–H and O–H groups in total. The smallest absolute Gasteiger partial charge is 0.232 e. The molecule has 15 heavy (non-hydrogen) atoms. The molecule has 0 aromatic carbocycles. The summed E-state index contributed by atoms with van der Waals surface area (Å²) in [4.78, 5) is -2.17. The van der Waals surface area contributed by atoms with Gasteiger partial charge in [0.15, 0.2) is 17.5 Å². The third kappa shape index (κ3) is 1.85. The van der Waals surface area contributed by atoms with E-state index in [1.165, 1.54) is 0 Å². The first-order chi connectivity index (χ1) is 6.71. The number of allylic oxidation sites excluding steroid dienone is 4. The highest BCUT2D eigenvalue weighted by Gasteiger charge is 2.55. The van der Waals surface area contributed by atoms with E-state index in [-0.39, 0.29) is 0 Å². The van der Waals surface area contributed by atoms with Crippen molar-refractivity contribution in [3.8, 4) is 0 Å². The van der Waals surface area contributed by atoms with Crippen molar-refractivity contribution in [2.45, 2.75) is 16.9 Å². The fourth-order valence-corrected chi connectivity index (χ4v) is 1.50. The molecule has 0 saturated heterocycles. The maximum Gasteiger partial charge on any atom is 0.312 e. The average Bonchev–Trinajstić information content (AvgIpc) is 2.11. The molecular weight excluding hydrogens is 269 g/mol. The van der Waals surface area contributed by atoms with Gasteiger partial charge in [-0.1, -0.05) is 0 Å². The highest BCUT2D eigenvalue weighted by Crippen LogP contribution is 2.47. The topological polar surface area (TPSA) is 0 Å². The molecule has 1 atom stereocenters. The number of hydrogen-bond acceptors (Lipinski definition) is 0. The standard InChI is InChI=1S/C7H2Cl2F6/c8-6(9)1-2(10)3(11)4(12)5(13)7(1,14)15/h5-6H. The molecule has 0 nitrogen and oxygen atoms in total. The maximum atomic E-state index is 12.9. The summed E-state index contributed by atoms with van der Waals surface area (Å²) >= 11 is 9.85. The van der Waals surface area contributed by atoms with Crippen LogP contribution in [0.5, 0.6) is 0 Å². The summed E-state index contributed by atoms with van der Waals surface area (Å²) in [5, 5.41) is 0. The predicted molar refractivity (Wildman–Crippen MR) is 42.7 cm³/mol. The second kappa shape index (κ2) is 3.90. The second-order valence-corrected chi connectivity index (χ2v) is 3.77. The molecular formula is C7H2Cl2F6. The quantitative estimate of drug-likeness (QED) is 0.496. The summed E-state index contributed by atoms with van der Waals surface area (Å²) in [5.74, 6) is -11.7. The van der Waals surface area contributed by atoms with E-state index in [9.17, 15) is 26.3 Å². The minimum atomic E-state index is -4.60. The van der Waals surface area contributed by atoms with E-state index in [4.69, 9.17) is 23.2 Å². The van der Waals surface area contributed by atoms with Crippen LogP contribution in [-0.4, -0.2) is 16.9 Å². The number of hydrogen-bond donors (Lipinski definition) is 0. The zero-order chi connectivity index (χ0) is 12.0. The summed E-state index contributed by atoms with van der Waals surface area (Å²) in [6, 6.07) is 0. The van der Waals surface area contributed by atoms with E-state index >= 15 is 0 Å². The summed E-state index contributed by atoms with van der Waals surface area (Å²) in [6.45, 7) is 0. The highest BCUT2D eigenvalue weighted by molar-refractivity contribution is 6.46. The van der Waals surface area contributed by atoms with Crippen molar-refractivity contribution in [3.05, 3.63) is 23.1 Å². The molecule has 0 aromatic heterocycles. The molecule has 0 spiro atoms. The Bertz CT molecular complexity index is 345. The van der Waals surface area contributed by atoms with Gasteiger partial charge in [-0.05, 0) is 0 Å². The molecule has 8 heteroatoms. The summed E-state index contributed by atoms with van der Waals surface area (Å²) in [5.41, 5.74) is -1.81. The monoisotopic (exact) mass is 270 g/mol. The van der Waals surface area contributed by atoms with Crippen LogP contribution in [0.3, 0.4) is 0 Å². The molecule has 0 amide bonds. The Morgan fingerprint density at radius 2 is 1.53 bits per heavy atom. The van der Waals surface area contributed by atoms with Crippen molar-refractivity contribution < 1.29 is 26.3 Å². The van der Waals surface area contributed by atoms with Crippen LogP contribution >= 0.6 is 23.2 Å². The lowest BCUT2D eigenvalue weighted by atomic mass is 9.97. The maximum absolute atomic E-state index is 12.9. The fourth-order valence-electron chi connectivity index (χ4n) is 1.02. The zero-order valence-electron chi connectivity index (χ0n) is 6.68. The molecule has 1 aliphatic carbocycles. The van der Waals surface area contributed by atoms with Gasteiger partial charge in [-0.3, -0.25) is 0 Å². The molecule has 0 aromatic rings. The number of rotatable bonds is 1. The SMILES string of the molecule is FC1=C(F)C(F)C(F)(F)C(C(Cl)Cl)=C1F. The normalized spacial score (nSPS) is 26.6. The highest BCUT2D eigenvalue weighted by atomic mass is 35.5. The first-order valence-electron chi connectivity index (χ1n) is 3.47. The van der Waals surface area contributed by atoms with E-state index in [0.29, 0.717) is 0 Å². The van der Waals surface area contributed by atoms with E-state index < -0.39 is 40.0 Å². The lowest BCUT2D eigenvalue weighted by Gasteiger charge is -2.27. The molecule has 0 fully saturated rings. The minimum absolute atomic E-state index is 1.81. The van der Waals surface area contributed by atoms with Crippen LogP contribution in [0.2, 0.25) is 0 Å². The van der Waals surface area contributed by atoms with Crippen molar-refractivity contribution in [3.63, 3.8) is 0 Å². The Morgan fingerprint density at radius 1 is 1.07 bits per heavy atom. The zero-order valence-corrected chi connectivity index (χ0v) is 8.19. The largest absolute Gasteiger partial charge is 0.312 e. The van der Waals surface area contributed by atoms with Crippen LogP contribution in [0.15, 0.2) is 23.1 Å². The third-order valence-electron chi connectivity index (χ3n) is 1.76. The van der Waals surface area contributed by atoms with E-state index in [1.807, 2.05) is 0 Å². The van der Waals surface area contributed by atoms with Crippen LogP contribution < -0.4 is 0 Å². The Hall–Kier alpha value is -0.360. The van der Waals surface area contributed by atoms with Crippen LogP contribution in [0, 0.1) is 0 Å². The van der Waals surface area contributed by atoms with Gasteiger partial charge in [0, 0.05) is 0 Å². The van der Waals surface area contributed by atoms with Gasteiger partial charge < -0.3 is 0 Å². The van der Waals surface area contributed by atoms with Gasteiger partial charge in [-0.2, -0.15) is 8.78 Å². The van der Waals surface area contributed by atoms with Crippen molar-refractivity contribution in [1.29, 1.82) is 0 Å². The van der Waals surface area contributed by atoms with Gasteiger partial charge >= 0.3 is 5.92 Å². The van der Waals surface area contributed by atoms with Crippen molar-refractivity contribution >= 4 is 23.2 Å². The first kappa shape index (κ1) is 12.7. The van der Waals surface area contributed by atoms with Crippen LogP contribution in [0.4, 0.5) is 26.3 Å². The lowest BCUT2D eigenvalue weighted by molar-refractivity contribution is -0.0381. The Labute approximate surface area is 90.1 Å². The fraction of sp³-hybridized carbons (Fsp3) is 0.429. The lowest BCUT2D eigenvalue weighted by Crippen LogP contribution is -2.39. The van der Waals surface area contributed by atoms with E-state index in [1.54, 1.807) is 0 Å². The average molecular weight is 271 g/mol. The molecule has 1 aliphatic rings. The predicted octanol–water partition coefficient (Wildman–Crippen LogP) is 4.15. The van der Waals surface area contributed by atoms with Gasteiger partial charge in [0.05, 0.1) is 5.57 Å². The summed E-state index contributed by atoms with van der Waals surface area (Å²) in [6.07, 6.45) is -3.62. The van der Waals surface area contributed by atoms with E-state index in [0.717, 1.165) is 0 Å². The Morgan fingerprint density at radius 3 is 1.93 bits per heavy atom. The van der Waals surface area contributed by atoms with E-state index in [2.05, 4.69) is 0 Å². The summed E-state index contributed by atoms with van der Waals surface area (Å²) < 4.78 is 76.3. The molecule has 1 rings (SSSR count). The van der Waals surface area contributed by atoms with Gasteiger partial charge in [0.2, 0.25) is 6.17 Å². The molecule has 0 heterocycles. The van der Waals surface area contributed by atoms with Gasteiger partial charge in [0.25, 0.3) is 0 Å². The molecule has 0 saturated carbocycles. The van der Waals surface area contributed by atoms with Gasteiger partial charge in [0.1, 0.15) is 4.84 Å². The van der Waals surface area contributed by atoms with Gasteiger partial charge in [-0.15, -0.1) is 23.2 Å². The molecule has 0 radical (unpaired) electrons. The number of alkyl halides is 5. The first-order valence-corrected chi connectivity index (χ1v) is 4.34. The summed E-state index contributed by atoms with van der Waals surface area (Å²) in [7, 11) is 0. The second-order valence-electron chi connectivity index (χ2n) is 2.68. The number of halogens is 8. The van der Waals surface area contributed by atoms with Crippen LogP contribution in [0.1, 0.15) is 0 Å². The Balaban J connectivity index is 3.42. The van der Waals surface area contributed by atoms with Crippen molar-refractivity contribution in [2.24, 2.45) is 0 Å². The van der Waals surface area contributed by atoms with Gasteiger partial charge in [-0.25, -0.2) is 17.6 Å². The van der Waals surface area contributed by atoms with Crippen molar-refractivity contribution in [1.82, 2.24) is 0 Å². The molecule has 0 bridgehead atoms.